The number of nitrogens with zero attached hydrogens (tertiary/aromatic N) is 2. The van der Waals surface area contributed by atoms with Crippen LogP contribution in [0.5, 0.6) is 0 Å². The first kappa shape index (κ1) is 15.9. The molecule has 1 aliphatic rings. The van der Waals surface area contributed by atoms with Gasteiger partial charge in [-0.25, -0.2) is 18.1 Å². The summed E-state index contributed by atoms with van der Waals surface area (Å²) in [5.74, 6) is 0. The third-order valence-electron chi connectivity index (χ3n) is 3.52. The minimum absolute atomic E-state index is 0.0990. The Hall–Kier alpha value is -1.53. The van der Waals surface area contributed by atoms with Crippen molar-refractivity contribution in [3.8, 4) is 6.07 Å². The van der Waals surface area contributed by atoms with Crippen LogP contribution in [0.15, 0.2) is 23.2 Å². The summed E-state index contributed by atoms with van der Waals surface area (Å²) in [5, 5.41) is 12.3. The molecule has 1 aromatic heterocycles. The van der Waals surface area contributed by atoms with Gasteiger partial charge in [0.2, 0.25) is 10.0 Å². The highest BCUT2D eigenvalue weighted by molar-refractivity contribution is 7.89. The van der Waals surface area contributed by atoms with Crippen molar-refractivity contribution in [3.05, 3.63) is 24.0 Å². The van der Waals surface area contributed by atoms with Gasteiger partial charge in [0.25, 0.3) is 0 Å². The average Bonchev–Trinajstić information content (AvgIpc) is 2.95. The zero-order valence-corrected chi connectivity index (χ0v) is 12.6. The average molecular weight is 310 g/mol. The number of sulfonamides is 1. The van der Waals surface area contributed by atoms with Gasteiger partial charge in [-0.05, 0) is 31.5 Å². The summed E-state index contributed by atoms with van der Waals surface area (Å²) >= 11 is 0. The fraction of sp³-hybridized carbons (Fsp3) is 0.538. The predicted octanol–water partition coefficient (Wildman–Crippen LogP) is 0.000180. The molecule has 1 aliphatic heterocycles. The fourth-order valence-corrected chi connectivity index (χ4v) is 3.70. The van der Waals surface area contributed by atoms with Gasteiger partial charge in [0, 0.05) is 19.9 Å². The van der Waals surface area contributed by atoms with Crippen molar-refractivity contribution in [2.45, 2.75) is 23.3 Å². The number of rotatable bonds is 6. The second kappa shape index (κ2) is 6.49. The second-order valence-corrected chi connectivity index (χ2v) is 6.77. The number of nitrogens with one attached hydrogen (secondary N) is 2. The van der Waals surface area contributed by atoms with E-state index in [1.54, 1.807) is 13.2 Å². The standard InChI is InChI=1S/C13H18N4O3S/c1-20-10-13(5-3-7-16-13)9-17-21(18,19)12-4-2-6-15-11(12)8-14/h2,4,6,16-17H,3,5,7,9-10H2,1H3. The van der Waals surface area contributed by atoms with E-state index in [0.29, 0.717) is 6.61 Å². The summed E-state index contributed by atoms with van der Waals surface area (Å²) in [7, 11) is -2.19. The summed E-state index contributed by atoms with van der Waals surface area (Å²) in [4.78, 5) is 3.68. The van der Waals surface area contributed by atoms with E-state index in [1.165, 1.54) is 18.3 Å². The van der Waals surface area contributed by atoms with Crippen LogP contribution in [0.4, 0.5) is 0 Å². The molecule has 7 nitrogen and oxygen atoms in total. The van der Waals surface area contributed by atoms with E-state index in [-0.39, 0.29) is 17.1 Å². The molecule has 2 rings (SSSR count). The van der Waals surface area contributed by atoms with Crippen molar-refractivity contribution in [1.82, 2.24) is 15.0 Å². The minimum atomic E-state index is -3.78. The molecule has 0 bridgehead atoms. The van der Waals surface area contributed by atoms with E-state index in [4.69, 9.17) is 10.00 Å². The van der Waals surface area contributed by atoms with E-state index in [2.05, 4.69) is 15.0 Å². The molecule has 1 saturated heterocycles. The lowest BCUT2D eigenvalue weighted by Crippen LogP contribution is -2.52. The smallest absolute Gasteiger partial charge is 0.243 e. The molecule has 0 aliphatic carbocycles. The van der Waals surface area contributed by atoms with Gasteiger partial charge in [0.15, 0.2) is 5.69 Å². The van der Waals surface area contributed by atoms with Crippen LogP contribution in [0.3, 0.4) is 0 Å². The van der Waals surface area contributed by atoms with E-state index in [0.717, 1.165) is 19.4 Å². The molecule has 8 heteroatoms. The molecule has 1 unspecified atom stereocenters. The molecule has 0 radical (unpaired) electrons. The van der Waals surface area contributed by atoms with Crippen LogP contribution in [0.1, 0.15) is 18.5 Å². The number of pyridine rings is 1. The Morgan fingerprint density at radius 1 is 1.62 bits per heavy atom. The van der Waals surface area contributed by atoms with Crippen molar-refractivity contribution >= 4 is 10.0 Å². The normalized spacial score (nSPS) is 22.1. The van der Waals surface area contributed by atoms with Gasteiger partial charge < -0.3 is 10.1 Å². The van der Waals surface area contributed by atoms with Crippen LogP contribution in [0.25, 0.3) is 0 Å². The number of hydrogen-bond acceptors (Lipinski definition) is 6. The van der Waals surface area contributed by atoms with Crippen molar-refractivity contribution < 1.29 is 13.2 Å². The number of aromatic nitrogens is 1. The fourth-order valence-electron chi connectivity index (χ4n) is 2.47. The Morgan fingerprint density at radius 2 is 2.43 bits per heavy atom. The lowest BCUT2D eigenvalue weighted by atomic mass is 9.99. The SMILES string of the molecule is COCC1(CNS(=O)(=O)c2cccnc2C#N)CCCN1. The number of ether oxygens (including phenoxy) is 1. The molecule has 21 heavy (non-hydrogen) atoms. The van der Waals surface area contributed by atoms with E-state index < -0.39 is 15.6 Å². The lowest BCUT2D eigenvalue weighted by Gasteiger charge is -2.28. The number of hydrogen-bond donors (Lipinski definition) is 2. The molecule has 0 amide bonds. The van der Waals surface area contributed by atoms with Crippen molar-refractivity contribution in [2.75, 3.05) is 26.8 Å². The first-order chi connectivity index (χ1) is 10.0. The van der Waals surface area contributed by atoms with Crippen LogP contribution >= 0.6 is 0 Å². The van der Waals surface area contributed by atoms with Gasteiger partial charge in [-0.15, -0.1) is 0 Å². The van der Waals surface area contributed by atoms with Crippen LogP contribution in [-0.2, 0) is 14.8 Å². The third-order valence-corrected chi connectivity index (χ3v) is 4.95. The Bertz CT molecular complexity index is 633. The largest absolute Gasteiger partial charge is 0.383 e. The zero-order chi connectivity index (χ0) is 15.3. The van der Waals surface area contributed by atoms with Gasteiger partial charge in [-0.1, -0.05) is 0 Å². The molecule has 2 N–H and O–H groups in total. The topological polar surface area (TPSA) is 104 Å². The zero-order valence-electron chi connectivity index (χ0n) is 11.8. The van der Waals surface area contributed by atoms with Gasteiger partial charge in [-0.3, -0.25) is 0 Å². The molecule has 2 heterocycles. The molecule has 0 spiro atoms. The molecule has 1 fully saturated rings. The number of nitriles is 1. The maximum absolute atomic E-state index is 12.3. The Labute approximate surface area is 124 Å². The van der Waals surface area contributed by atoms with Crippen molar-refractivity contribution in [1.29, 1.82) is 5.26 Å². The lowest BCUT2D eigenvalue weighted by molar-refractivity contribution is 0.122. The quantitative estimate of drug-likeness (QED) is 0.766. The first-order valence-corrected chi connectivity index (χ1v) is 8.10. The van der Waals surface area contributed by atoms with Crippen molar-refractivity contribution in [2.24, 2.45) is 0 Å². The molecular formula is C13H18N4O3S. The Morgan fingerprint density at radius 3 is 3.05 bits per heavy atom. The van der Waals surface area contributed by atoms with E-state index >= 15 is 0 Å². The molecule has 1 atom stereocenters. The summed E-state index contributed by atoms with van der Waals surface area (Å²) in [6, 6.07) is 4.66. The molecule has 0 saturated carbocycles. The van der Waals surface area contributed by atoms with Crippen LogP contribution in [0.2, 0.25) is 0 Å². The van der Waals surface area contributed by atoms with Crippen LogP contribution in [-0.4, -0.2) is 45.7 Å². The van der Waals surface area contributed by atoms with Crippen LogP contribution < -0.4 is 10.0 Å². The van der Waals surface area contributed by atoms with Gasteiger partial charge in [-0.2, -0.15) is 5.26 Å². The molecule has 114 valence electrons. The highest BCUT2D eigenvalue weighted by Gasteiger charge is 2.35. The van der Waals surface area contributed by atoms with Crippen LogP contribution in [0, 0.1) is 11.3 Å². The van der Waals surface area contributed by atoms with Gasteiger partial charge in [0.1, 0.15) is 11.0 Å². The summed E-state index contributed by atoms with van der Waals surface area (Å²) in [5.41, 5.74) is -0.498. The van der Waals surface area contributed by atoms with Gasteiger partial charge >= 0.3 is 0 Å². The summed E-state index contributed by atoms with van der Waals surface area (Å²) in [6.45, 7) is 1.47. The monoisotopic (exact) mass is 310 g/mol. The number of methoxy groups -OCH3 is 1. The Kier molecular flexibility index (Phi) is 4.90. The second-order valence-electron chi connectivity index (χ2n) is 5.03. The summed E-state index contributed by atoms with van der Waals surface area (Å²) < 4.78 is 32.4. The predicted molar refractivity (Wildman–Crippen MR) is 76.0 cm³/mol. The maximum Gasteiger partial charge on any atom is 0.243 e. The molecular weight excluding hydrogens is 292 g/mol. The van der Waals surface area contributed by atoms with Crippen molar-refractivity contribution in [3.63, 3.8) is 0 Å². The molecule has 1 aromatic rings. The minimum Gasteiger partial charge on any atom is -0.383 e. The highest BCUT2D eigenvalue weighted by atomic mass is 32.2. The maximum atomic E-state index is 12.3. The van der Waals surface area contributed by atoms with E-state index in [9.17, 15) is 8.42 Å². The highest BCUT2D eigenvalue weighted by Crippen LogP contribution is 2.20. The van der Waals surface area contributed by atoms with Gasteiger partial charge in [0.05, 0.1) is 12.1 Å². The Balaban J connectivity index is 2.16. The first-order valence-electron chi connectivity index (χ1n) is 6.62. The van der Waals surface area contributed by atoms with E-state index in [1.807, 2.05) is 0 Å². The summed E-state index contributed by atoms with van der Waals surface area (Å²) in [6.07, 6.45) is 3.20. The molecule has 0 aromatic carbocycles. The third kappa shape index (κ3) is 3.57.